The van der Waals surface area contributed by atoms with Gasteiger partial charge in [0.05, 0.1) is 12.6 Å². The zero-order chi connectivity index (χ0) is 15.4. The topological polar surface area (TPSA) is 43.9 Å². The summed E-state index contributed by atoms with van der Waals surface area (Å²) < 4.78 is 0. The van der Waals surface area contributed by atoms with Crippen LogP contribution in [0.1, 0.15) is 24.9 Å². The van der Waals surface area contributed by atoms with Crippen LogP contribution >= 0.6 is 0 Å². The molecular weight excluding hydrogens is 266 g/mol. The largest absolute Gasteiger partial charge is 0.327 e. The van der Waals surface area contributed by atoms with E-state index in [2.05, 4.69) is 0 Å². The Morgan fingerprint density at radius 2 is 1.86 bits per heavy atom. The molecule has 3 amide bonds. The number of likely N-dealkylation sites (N-methyl/N-ethyl adjacent to an activating group) is 1. The third kappa shape index (κ3) is 3.42. The van der Waals surface area contributed by atoms with Gasteiger partial charge in [0.15, 0.2) is 0 Å². The van der Waals surface area contributed by atoms with Gasteiger partial charge in [0.25, 0.3) is 0 Å². The molecule has 0 saturated carbocycles. The first-order valence-electron chi connectivity index (χ1n) is 7.35. The lowest BCUT2D eigenvalue weighted by molar-refractivity contribution is -0.125. The normalized spacial score (nSPS) is 17.0. The summed E-state index contributed by atoms with van der Waals surface area (Å²) >= 11 is 0. The molecule has 1 fully saturated rings. The molecule has 0 aromatic heterocycles. The second-order valence-electron chi connectivity index (χ2n) is 5.60. The monoisotopic (exact) mass is 289 g/mol. The van der Waals surface area contributed by atoms with Gasteiger partial charge < -0.3 is 9.80 Å². The highest BCUT2D eigenvalue weighted by Crippen LogP contribution is 2.22. The van der Waals surface area contributed by atoms with Crippen LogP contribution in [-0.4, -0.2) is 60.4 Å². The Balaban J connectivity index is 2.14. The molecule has 0 radical (unpaired) electrons. The number of nitrogens with zero attached hydrogens (tertiary/aromatic N) is 3. The number of benzene rings is 1. The van der Waals surface area contributed by atoms with E-state index >= 15 is 0 Å². The van der Waals surface area contributed by atoms with Crippen LogP contribution in [-0.2, 0) is 4.79 Å². The summed E-state index contributed by atoms with van der Waals surface area (Å²) in [5, 5.41) is 0. The number of imide groups is 1. The third-order valence-corrected chi connectivity index (χ3v) is 3.79. The fraction of sp³-hybridized carbons (Fsp3) is 0.500. The van der Waals surface area contributed by atoms with Crippen LogP contribution in [0.4, 0.5) is 4.79 Å². The van der Waals surface area contributed by atoms with Crippen molar-refractivity contribution >= 4 is 11.9 Å². The second kappa shape index (κ2) is 6.72. The molecule has 0 aliphatic carbocycles. The molecule has 0 N–H and O–H groups in total. The molecule has 1 saturated heterocycles. The van der Waals surface area contributed by atoms with Gasteiger partial charge in [0, 0.05) is 6.54 Å². The van der Waals surface area contributed by atoms with Crippen LogP contribution in [0.25, 0.3) is 0 Å². The Kier molecular flexibility index (Phi) is 4.96. The van der Waals surface area contributed by atoms with E-state index < -0.39 is 0 Å². The molecule has 1 aliphatic rings. The molecule has 5 nitrogen and oxygen atoms in total. The van der Waals surface area contributed by atoms with Gasteiger partial charge in [-0.25, -0.2) is 4.79 Å². The third-order valence-electron chi connectivity index (χ3n) is 3.79. The van der Waals surface area contributed by atoms with Crippen LogP contribution in [0.15, 0.2) is 30.3 Å². The molecule has 1 heterocycles. The van der Waals surface area contributed by atoms with Crippen molar-refractivity contribution in [3.8, 4) is 0 Å². The van der Waals surface area contributed by atoms with Crippen molar-refractivity contribution in [3.05, 3.63) is 35.9 Å². The van der Waals surface area contributed by atoms with Crippen molar-refractivity contribution in [2.24, 2.45) is 0 Å². The number of carbonyl (C=O) groups excluding carboxylic acids is 2. The van der Waals surface area contributed by atoms with Crippen LogP contribution < -0.4 is 0 Å². The Morgan fingerprint density at radius 1 is 1.19 bits per heavy atom. The summed E-state index contributed by atoms with van der Waals surface area (Å²) in [4.78, 5) is 29.5. The SMILES string of the molecule is CCCN1CC(=O)N(C[C@@H](c2ccccc2)N(C)C)C1=O. The van der Waals surface area contributed by atoms with Crippen molar-refractivity contribution < 1.29 is 9.59 Å². The Labute approximate surface area is 126 Å². The van der Waals surface area contributed by atoms with Gasteiger partial charge in [-0.1, -0.05) is 37.3 Å². The first-order valence-corrected chi connectivity index (χ1v) is 7.35. The lowest BCUT2D eigenvalue weighted by Crippen LogP contribution is -2.39. The van der Waals surface area contributed by atoms with E-state index in [1.807, 2.05) is 56.3 Å². The minimum absolute atomic E-state index is 0.0145. The van der Waals surface area contributed by atoms with Crippen molar-refractivity contribution in [1.29, 1.82) is 0 Å². The van der Waals surface area contributed by atoms with E-state index in [9.17, 15) is 9.59 Å². The molecule has 1 aromatic rings. The smallest absolute Gasteiger partial charge is 0.315 e. The molecule has 2 rings (SSSR count). The summed E-state index contributed by atoms with van der Waals surface area (Å²) in [6.45, 7) is 3.25. The molecule has 114 valence electrons. The van der Waals surface area contributed by atoms with E-state index in [0.717, 1.165) is 12.0 Å². The molecule has 1 aliphatic heterocycles. The molecule has 0 unspecified atom stereocenters. The number of amides is 3. The molecule has 0 bridgehead atoms. The number of rotatable bonds is 6. The number of hydrogen-bond acceptors (Lipinski definition) is 3. The zero-order valence-corrected chi connectivity index (χ0v) is 13.0. The van der Waals surface area contributed by atoms with Crippen LogP contribution in [0.5, 0.6) is 0 Å². The van der Waals surface area contributed by atoms with Crippen molar-refractivity contribution in [2.45, 2.75) is 19.4 Å². The van der Waals surface area contributed by atoms with E-state index in [1.165, 1.54) is 4.90 Å². The second-order valence-corrected chi connectivity index (χ2v) is 5.60. The number of urea groups is 1. The minimum atomic E-state index is -0.162. The minimum Gasteiger partial charge on any atom is -0.315 e. The Morgan fingerprint density at radius 3 is 2.43 bits per heavy atom. The Bertz CT molecular complexity index is 502. The lowest BCUT2D eigenvalue weighted by Gasteiger charge is -2.28. The summed E-state index contributed by atoms with van der Waals surface area (Å²) in [5.74, 6) is -0.101. The van der Waals surface area contributed by atoms with Crippen LogP contribution in [0.2, 0.25) is 0 Å². The maximum absolute atomic E-state index is 12.3. The highest BCUT2D eigenvalue weighted by atomic mass is 16.2. The van der Waals surface area contributed by atoms with Gasteiger partial charge in [-0.05, 0) is 26.1 Å². The van der Waals surface area contributed by atoms with E-state index in [4.69, 9.17) is 0 Å². The number of carbonyl (C=O) groups is 2. The summed E-state index contributed by atoms with van der Waals surface area (Å²) in [5.41, 5.74) is 1.11. The average molecular weight is 289 g/mol. The van der Waals surface area contributed by atoms with Crippen LogP contribution in [0, 0.1) is 0 Å². The van der Waals surface area contributed by atoms with Crippen LogP contribution in [0.3, 0.4) is 0 Å². The zero-order valence-electron chi connectivity index (χ0n) is 13.0. The first-order chi connectivity index (χ1) is 10.0. The summed E-state index contributed by atoms with van der Waals surface area (Å²) in [6, 6.07) is 9.82. The van der Waals surface area contributed by atoms with Gasteiger partial charge in [-0.3, -0.25) is 9.69 Å². The maximum Gasteiger partial charge on any atom is 0.327 e. The van der Waals surface area contributed by atoms with Gasteiger partial charge in [-0.2, -0.15) is 0 Å². The van der Waals surface area contributed by atoms with Gasteiger partial charge in [0.1, 0.15) is 6.54 Å². The molecule has 0 spiro atoms. The van der Waals surface area contributed by atoms with Crippen molar-refractivity contribution in [1.82, 2.24) is 14.7 Å². The molecule has 1 aromatic carbocycles. The maximum atomic E-state index is 12.3. The predicted octanol–water partition coefficient (Wildman–Crippen LogP) is 1.96. The summed E-state index contributed by atoms with van der Waals surface area (Å²) in [6.07, 6.45) is 0.864. The Hall–Kier alpha value is -1.88. The van der Waals surface area contributed by atoms with Gasteiger partial charge >= 0.3 is 6.03 Å². The van der Waals surface area contributed by atoms with Crippen molar-refractivity contribution in [3.63, 3.8) is 0 Å². The van der Waals surface area contributed by atoms with E-state index in [1.54, 1.807) is 4.90 Å². The standard InChI is InChI=1S/C16H23N3O2/c1-4-10-18-12-15(20)19(16(18)21)11-14(17(2)3)13-8-6-5-7-9-13/h5-9,14H,4,10-12H2,1-3H3/t14-/m0/s1. The molecular formula is C16H23N3O2. The number of hydrogen-bond donors (Lipinski definition) is 0. The van der Waals surface area contributed by atoms with Gasteiger partial charge in [0.2, 0.25) is 5.91 Å². The van der Waals surface area contributed by atoms with E-state index in [-0.39, 0.29) is 24.5 Å². The van der Waals surface area contributed by atoms with Crippen molar-refractivity contribution in [2.75, 3.05) is 33.7 Å². The quantitative estimate of drug-likeness (QED) is 0.752. The fourth-order valence-electron chi connectivity index (χ4n) is 2.63. The fourth-order valence-corrected chi connectivity index (χ4v) is 2.63. The first kappa shape index (κ1) is 15.5. The summed E-state index contributed by atoms with van der Waals surface area (Å²) in [7, 11) is 3.93. The predicted molar refractivity (Wildman–Crippen MR) is 81.8 cm³/mol. The van der Waals surface area contributed by atoms with Gasteiger partial charge in [-0.15, -0.1) is 0 Å². The average Bonchev–Trinajstić information content (AvgIpc) is 2.72. The molecule has 21 heavy (non-hydrogen) atoms. The molecule has 5 heteroatoms. The highest BCUT2D eigenvalue weighted by Gasteiger charge is 2.37. The van der Waals surface area contributed by atoms with E-state index in [0.29, 0.717) is 13.1 Å². The lowest BCUT2D eigenvalue weighted by atomic mass is 10.1. The highest BCUT2D eigenvalue weighted by molar-refractivity contribution is 6.02. The molecule has 1 atom stereocenters.